The third kappa shape index (κ3) is 3.60. The van der Waals surface area contributed by atoms with Crippen molar-refractivity contribution in [2.45, 2.75) is 6.54 Å². The number of hydrogen-bond acceptors (Lipinski definition) is 5. The fourth-order valence-corrected chi connectivity index (χ4v) is 3.19. The number of hydrogen-bond donors (Lipinski definition) is 1. The number of rotatable bonds is 4. The van der Waals surface area contributed by atoms with Gasteiger partial charge in [0.15, 0.2) is 17.3 Å². The minimum atomic E-state index is 0.443. The Kier molecular flexibility index (Phi) is 4.55. The van der Waals surface area contributed by atoms with Gasteiger partial charge in [-0.05, 0) is 28.1 Å². The minimum Gasteiger partial charge on any atom is -0.486 e. The van der Waals surface area contributed by atoms with E-state index in [0.29, 0.717) is 36.4 Å². The molecule has 128 valence electrons. The van der Waals surface area contributed by atoms with E-state index in [2.05, 4.69) is 26.2 Å². The summed E-state index contributed by atoms with van der Waals surface area (Å²) in [5, 5.41) is 3.95. The van der Waals surface area contributed by atoms with Gasteiger partial charge in [-0.3, -0.25) is 0 Å². The van der Waals surface area contributed by atoms with E-state index in [9.17, 15) is 0 Å². The minimum absolute atomic E-state index is 0.443. The number of nitrogens with one attached hydrogen (secondary N) is 1. The number of aromatic nitrogens is 1. The Morgan fingerprint density at radius 1 is 1.12 bits per heavy atom. The second-order valence-electron chi connectivity index (χ2n) is 5.46. The summed E-state index contributed by atoms with van der Waals surface area (Å²) < 4.78 is 17.8. The molecule has 1 N–H and O–H groups in total. The van der Waals surface area contributed by atoms with Crippen LogP contribution in [0.2, 0.25) is 5.02 Å². The second-order valence-corrected chi connectivity index (χ2v) is 6.75. The van der Waals surface area contributed by atoms with Crippen molar-refractivity contribution in [1.82, 2.24) is 4.98 Å². The van der Waals surface area contributed by atoms with Gasteiger partial charge in [-0.15, -0.1) is 0 Å². The molecule has 0 saturated heterocycles. The van der Waals surface area contributed by atoms with Crippen molar-refractivity contribution < 1.29 is 13.9 Å². The lowest BCUT2D eigenvalue weighted by Gasteiger charge is -2.20. The average molecular weight is 422 g/mol. The lowest BCUT2D eigenvalue weighted by molar-refractivity contribution is 0.171. The van der Waals surface area contributed by atoms with Gasteiger partial charge in [-0.25, -0.2) is 4.98 Å². The molecule has 5 nitrogen and oxygen atoms in total. The first-order valence-corrected chi connectivity index (χ1v) is 8.90. The quantitative estimate of drug-likeness (QED) is 0.632. The fraction of sp³-hybridized carbons (Fsp3) is 0.167. The first-order valence-electron chi connectivity index (χ1n) is 7.73. The summed E-state index contributed by atoms with van der Waals surface area (Å²) in [6.45, 7) is 1.56. The number of fused-ring (bicyclic) bond motifs is 1. The van der Waals surface area contributed by atoms with Crippen LogP contribution in [0.15, 0.2) is 51.5 Å². The maximum Gasteiger partial charge on any atom is 0.214 e. The van der Waals surface area contributed by atoms with E-state index < -0.39 is 0 Å². The molecule has 0 amide bonds. The molecule has 0 radical (unpaired) electrons. The van der Waals surface area contributed by atoms with Crippen molar-refractivity contribution in [3.8, 4) is 22.8 Å². The molecule has 0 bridgehead atoms. The van der Waals surface area contributed by atoms with Crippen molar-refractivity contribution in [3.63, 3.8) is 0 Å². The lowest BCUT2D eigenvalue weighted by atomic mass is 10.2. The molecule has 0 unspecified atom stereocenters. The standard InChI is InChI=1S/C18H14BrClN2O3/c19-13-7-15-16(24-5-4-23-15)8-14(13)21-10-18-22-9-17(25-18)11-2-1-3-12(20)6-11/h1-3,6-9,21H,4-5,10H2. The Hall–Kier alpha value is -2.18. The monoisotopic (exact) mass is 420 g/mol. The molecule has 2 heterocycles. The largest absolute Gasteiger partial charge is 0.486 e. The molecule has 1 aromatic heterocycles. The normalized spacial score (nSPS) is 12.9. The van der Waals surface area contributed by atoms with E-state index in [1.165, 1.54) is 0 Å². The summed E-state index contributed by atoms with van der Waals surface area (Å²) in [5.41, 5.74) is 1.78. The molecule has 1 aliphatic heterocycles. The van der Waals surface area contributed by atoms with Gasteiger partial charge in [0.05, 0.1) is 18.4 Å². The van der Waals surface area contributed by atoms with Crippen LogP contribution in [0, 0.1) is 0 Å². The average Bonchev–Trinajstić information content (AvgIpc) is 3.09. The zero-order chi connectivity index (χ0) is 17.2. The van der Waals surface area contributed by atoms with Crippen LogP contribution in [0.3, 0.4) is 0 Å². The topological polar surface area (TPSA) is 56.5 Å². The number of benzene rings is 2. The van der Waals surface area contributed by atoms with Crippen LogP contribution < -0.4 is 14.8 Å². The summed E-state index contributed by atoms with van der Waals surface area (Å²) >= 11 is 9.55. The molecule has 0 fully saturated rings. The van der Waals surface area contributed by atoms with Crippen LogP contribution in [-0.4, -0.2) is 18.2 Å². The van der Waals surface area contributed by atoms with Gasteiger partial charge in [0.1, 0.15) is 13.2 Å². The first kappa shape index (κ1) is 16.3. The number of anilines is 1. The Morgan fingerprint density at radius 3 is 2.72 bits per heavy atom. The Morgan fingerprint density at radius 2 is 1.92 bits per heavy atom. The third-order valence-electron chi connectivity index (χ3n) is 3.72. The molecule has 0 aliphatic carbocycles. The summed E-state index contributed by atoms with van der Waals surface area (Å²) in [7, 11) is 0. The first-order chi connectivity index (χ1) is 12.2. The third-order valence-corrected chi connectivity index (χ3v) is 4.62. The number of halogens is 2. The van der Waals surface area contributed by atoms with Gasteiger partial charge in [0, 0.05) is 27.2 Å². The van der Waals surface area contributed by atoms with Crippen LogP contribution in [0.5, 0.6) is 11.5 Å². The molecule has 0 saturated carbocycles. The van der Waals surface area contributed by atoms with Gasteiger partial charge in [0.2, 0.25) is 5.89 Å². The van der Waals surface area contributed by atoms with Gasteiger partial charge >= 0.3 is 0 Å². The van der Waals surface area contributed by atoms with E-state index in [1.807, 2.05) is 36.4 Å². The molecular formula is C18H14BrClN2O3. The van der Waals surface area contributed by atoms with E-state index in [0.717, 1.165) is 27.2 Å². The summed E-state index contributed by atoms with van der Waals surface area (Å²) in [5.74, 6) is 2.73. The van der Waals surface area contributed by atoms with E-state index >= 15 is 0 Å². The zero-order valence-corrected chi connectivity index (χ0v) is 15.4. The Bertz CT molecular complexity index is 913. The van der Waals surface area contributed by atoms with Crippen LogP contribution >= 0.6 is 27.5 Å². The molecule has 0 spiro atoms. The highest BCUT2D eigenvalue weighted by Gasteiger charge is 2.15. The van der Waals surface area contributed by atoms with Crippen molar-refractivity contribution in [2.75, 3.05) is 18.5 Å². The van der Waals surface area contributed by atoms with Crippen molar-refractivity contribution >= 4 is 33.2 Å². The molecule has 3 aromatic rings. The summed E-state index contributed by atoms with van der Waals surface area (Å²) in [4.78, 5) is 4.31. The predicted octanol–water partition coefficient (Wildman–Crippen LogP) is 5.14. The van der Waals surface area contributed by atoms with Crippen LogP contribution in [0.4, 0.5) is 5.69 Å². The van der Waals surface area contributed by atoms with Gasteiger partial charge < -0.3 is 19.2 Å². The summed E-state index contributed by atoms with van der Waals surface area (Å²) in [6.07, 6.45) is 1.70. The van der Waals surface area contributed by atoms with Crippen LogP contribution in [0.1, 0.15) is 5.89 Å². The predicted molar refractivity (Wildman–Crippen MR) is 99.4 cm³/mol. The lowest BCUT2D eigenvalue weighted by Crippen LogP contribution is -2.15. The van der Waals surface area contributed by atoms with E-state index in [-0.39, 0.29) is 0 Å². The Balaban J connectivity index is 1.49. The van der Waals surface area contributed by atoms with Crippen LogP contribution in [0.25, 0.3) is 11.3 Å². The number of nitrogens with zero attached hydrogens (tertiary/aromatic N) is 1. The SMILES string of the molecule is Clc1cccc(-c2cnc(CNc3cc4c(cc3Br)OCCO4)o2)c1. The van der Waals surface area contributed by atoms with E-state index in [1.54, 1.807) is 6.20 Å². The molecular weight excluding hydrogens is 408 g/mol. The highest BCUT2D eigenvalue weighted by Crippen LogP contribution is 2.38. The van der Waals surface area contributed by atoms with E-state index in [4.69, 9.17) is 25.5 Å². The van der Waals surface area contributed by atoms with Crippen molar-refractivity contribution in [1.29, 1.82) is 0 Å². The summed E-state index contributed by atoms with van der Waals surface area (Å²) in [6, 6.07) is 11.3. The maximum atomic E-state index is 6.02. The van der Waals surface area contributed by atoms with Crippen LogP contribution in [-0.2, 0) is 6.54 Å². The molecule has 2 aromatic carbocycles. The highest BCUT2D eigenvalue weighted by molar-refractivity contribution is 9.10. The Labute approximate surface area is 158 Å². The molecule has 7 heteroatoms. The van der Waals surface area contributed by atoms with Crippen molar-refractivity contribution in [2.24, 2.45) is 0 Å². The number of ether oxygens (including phenoxy) is 2. The van der Waals surface area contributed by atoms with Gasteiger partial charge in [0.25, 0.3) is 0 Å². The highest BCUT2D eigenvalue weighted by atomic mass is 79.9. The van der Waals surface area contributed by atoms with Gasteiger partial charge in [-0.2, -0.15) is 0 Å². The molecule has 0 atom stereocenters. The number of oxazole rings is 1. The molecule has 25 heavy (non-hydrogen) atoms. The molecule has 4 rings (SSSR count). The second kappa shape index (κ2) is 6.98. The maximum absolute atomic E-state index is 6.02. The van der Waals surface area contributed by atoms with Crippen molar-refractivity contribution in [3.05, 3.63) is 58.0 Å². The molecule has 1 aliphatic rings. The smallest absolute Gasteiger partial charge is 0.214 e. The zero-order valence-electron chi connectivity index (χ0n) is 13.1. The van der Waals surface area contributed by atoms with Gasteiger partial charge in [-0.1, -0.05) is 23.7 Å². The fourth-order valence-electron chi connectivity index (χ4n) is 2.54.